The molecular formula is C34H23O3P. The van der Waals surface area contributed by atoms with Crippen molar-refractivity contribution >= 4 is 72.9 Å². The zero-order chi connectivity index (χ0) is 25.2. The van der Waals surface area contributed by atoms with E-state index in [1.54, 1.807) is 0 Å². The highest BCUT2D eigenvalue weighted by atomic mass is 31.1. The van der Waals surface area contributed by atoms with E-state index in [0.29, 0.717) is 0 Å². The molecule has 0 aliphatic heterocycles. The van der Waals surface area contributed by atoms with Gasteiger partial charge in [-0.25, -0.2) is 0 Å². The van der Waals surface area contributed by atoms with E-state index in [0.717, 1.165) is 21.9 Å². The molecule has 0 atom stereocenters. The van der Waals surface area contributed by atoms with E-state index in [2.05, 4.69) is 109 Å². The van der Waals surface area contributed by atoms with Gasteiger partial charge in [0.2, 0.25) is 0 Å². The fourth-order valence-corrected chi connectivity index (χ4v) is 6.79. The summed E-state index contributed by atoms with van der Waals surface area (Å²) in [6, 6.07) is 38.4. The van der Waals surface area contributed by atoms with Crippen LogP contribution in [0.25, 0.3) is 64.6 Å². The Labute approximate surface area is 219 Å². The maximum absolute atomic E-state index is 12.9. The van der Waals surface area contributed by atoms with Crippen molar-refractivity contribution < 1.29 is 13.6 Å². The predicted molar refractivity (Wildman–Crippen MR) is 159 cm³/mol. The summed E-state index contributed by atoms with van der Waals surface area (Å²) < 4.78 is 24.4. The molecule has 0 spiro atoms. The second-order valence-electron chi connectivity index (χ2n) is 9.99. The van der Waals surface area contributed by atoms with Crippen molar-refractivity contribution in [2.75, 3.05) is 0 Å². The van der Waals surface area contributed by atoms with Crippen molar-refractivity contribution in [3.8, 4) is 0 Å². The highest BCUT2D eigenvalue weighted by Crippen LogP contribution is 2.39. The van der Waals surface area contributed by atoms with E-state index in [1.165, 1.54) is 53.9 Å². The van der Waals surface area contributed by atoms with Crippen LogP contribution >= 0.6 is 8.25 Å². The Hall–Kier alpha value is -4.01. The average molecular weight is 511 g/mol. The molecule has 0 heterocycles. The molecule has 0 unspecified atom stereocenters. The van der Waals surface area contributed by atoms with Crippen LogP contribution < -0.4 is 0 Å². The summed E-state index contributed by atoms with van der Waals surface area (Å²) in [5.74, 6) is 0. The molecule has 0 radical (unpaired) electrons. The minimum atomic E-state index is -2.69. The number of rotatable bonds is 6. The molecule has 4 heteroatoms. The Morgan fingerprint density at radius 1 is 0.421 bits per heavy atom. The molecule has 0 N–H and O–H groups in total. The van der Waals surface area contributed by atoms with Gasteiger partial charge in [-0.05, 0) is 75.8 Å². The summed E-state index contributed by atoms with van der Waals surface area (Å²) in [5.41, 5.74) is 2.03. The molecule has 8 rings (SSSR count). The molecule has 3 nitrogen and oxygen atoms in total. The summed E-state index contributed by atoms with van der Waals surface area (Å²) in [4.78, 5) is 0. The fraction of sp³-hybridized carbons (Fsp3) is 0.0588. The Morgan fingerprint density at radius 3 is 1.18 bits per heavy atom. The van der Waals surface area contributed by atoms with Crippen LogP contribution in [0.4, 0.5) is 0 Å². The lowest BCUT2D eigenvalue weighted by molar-refractivity contribution is 0.214. The molecule has 0 aliphatic rings. The predicted octanol–water partition coefficient (Wildman–Crippen LogP) is 9.60. The Bertz CT molecular complexity index is 1980. The van der Waals surface area contributed by atoms with Crippen molar-refractivity contribution in [2.45, 2.75) is 13.2 Å². The minimum absolute atomic E-state index is 0.241. The molecule has 8 aromatic rings. The van der Waals surface area contributed by atoms with Gasteiger partial charge in [-0.2, -0.15) is 0 Å². The van der Waals surface area contributed by atoms with Crippen LogP contribution in [0.15, 0.2) is 109 Å². The van der Waals surface area contributed by atoms with Gasteiger partial charge in [-0.3, -0.25) is 4.57 Å². The summed E-state index contributed by atoms with van der Waals surface area (Å²) in [6.07, 6.45) is 0. The third kappa shape index (κ3) is 3.33. The minimum Gasteiger partial charge on any atom is -0.306 e. The van der Waals surface area contributed by atoms with Gasteiger partial charge in [0.1, 0.15) is 0 Å². The normalized spacial score (nSPS) is 12.4. The van der Waals surface area contributed by atoms with Crippen molar-refractivity contribution in [2.24, 2.45) is 0 Å². The topological polar surface area (TPSA) is 35.5 Å². The second-order valence-corrected chi connectivity index (χ2v) is 11.1. The van der Waals surface area contributed by atoms with Crippen LogP contribution in [-0.2, 0) is 26.8 Å². The molecule has 8 aromatic carbocycles. The number of hydrogen-bond acceptors (Lipinski definition) is 3. The van der Waals surface area contributed by atoms with Crippen LogP contribution in [0.5, 0.6) is 0 Å². The molecule has 182 valence electrons. The van der Waals surface area contributed by atoms with E-state index in [4.69, 9.17) is 9.05 Å². The zero-order valence-electron chi connectivity index (χ0n) is 20.5. The molecular weight excluding hydrogens is 487 g/mol. The summed E-state index contributed by atoms with van der Waals surface area (Å²) in [5, 5.41) is 14.6. The SMILES string of the molecule is O=[PH](OCc1ccc2ccc3cccc4ccc1c2c34)OCc1ccc2ccc3cccc4ccc1c2c34. The van der Waals surface area contributed by atoms with Crippen molar-refractivity contribution in [3.05, 3.63) is 120 Å². The molecule has 0 aromatic heterocycles. The van der Waals surface area contributed by atoms with Gasteiger partial charge in [0.25, 0.3) is 0 Å². The Kier molecular flexibility index (Phi) is 4.93. The first-order valence-corrected chi connectivity index (χ1v) is 14.1. The average Bonchev–Trinajstić information content (AvgIpc) is 2.97. The lowest BCUT2D eigenvalue weighted by atomic mass is 9.92. The van der Waals surface area contributed by atoms with E-state index in [-0.39, 0.29) is 13.2 Å². The maximum Gasteiger partial charge on any atom is 0.319 e. The largest absolute Gasteiger partial charge is 0.319 e. The first kappa shape index (κ1) is 22.0. The van der Waals surface area contributed by atoms with Crippen molar-refractivity contribution in [3.63, 3.8) is 0 Å². The summed E-state index contributed by atoms with van der Waals surface area (Å²) in [7, 11) is -2.69. The fourth-order valence-electron chi connectivity index (χ4n) is 6.16. The van der Waals surface area contributed by atoms with E-state index in [1.807, 2.05) is 0 Å². The third-order valence-electron chi connectivity index (χ3n) is 7.93. The van der Waals surface area contributed by atoms with Gasteiger partial charge in [0, 0.05) is 0 Å². The standard InChI is InChI=1S/C34H23O3P/c35-38(36-19-27-13-11-25-9-7-21-3-1-5-23-15-17-29(27)33(25)31(21)23)37-20-28-14-12-26-10-8-22-4-2-6-24-16-18-30(28)34(26)32(22)24/h1-18,38H,19-20H2. The van der Waals surface area contributed by atoms with Gasteiger partial charge in [-0.1, -0.05) is 109 Å². The van der Waals surface area contributed by atoms with Gasteiger partial charge in [0.15, 0.2) is 0 Å². The van der Waals surface area contributed by atoms with E-state index >= 15 is 0 Å². The van der Waals surface area contributed by atoms with Gasteiger partial charge in [-0.15, -0.1) is 0 Å². The molecule has 0 saturated heterocycles. The molecule has 0 saturated carbocycles. The zero-order valence-corrected chi connectivity index (χ0v) is 21.5. The van der Waals surface area contributed by atoms with Gasteiger partial charge in [0.05, 0.1) is 13.2 Å². The monoisotopic (exact) mass is 510 g/mol. The molecule has 0 fully saturated rings. The van der Waals surface area contributed by atoms with Crippen LogP contribution in [0, 0.1) is 0 Å². The highest BCUT2D eigenvalue weighted by Gasteiger charge is 2.14. The van der Waals surface area contributed by atoms with Crippen molar-refractivity contribution in [1.29, 1.82) is 0 Å². The molecule has 0 bridgehead atoms. The van der Waals surface area contributed by atoms with Crippen LogP contribution in [0.3, 0.4) is 0 Å². The Morgan fingerprint density at radius 2 is 0.763 bits per heavy atom. The lowest BCUT2D eigenvalue weighted by Crippen LogP contribution is -1.94. The number of benzene rings is 8. The van der Waals surface area contributed by atoms with Crippen molar-refractivity contribution in [1.82, 2.24) is 0 Å². The maximum atomic E-state index is 12.9. The molecule has 0 aliphatic carbocycles. The number of hydrogen-bond donors (Lipinski definition) is 0. The quantitative estimate of drug-likeness (QED) is 0.165. The summed E-state index contributed by atoms with van der Waals surface area (Å²) >= 11 is 0. The van der Waals surface area contributed by atoms with E-state index < -0.39 is 8.25 Å². The first-order valence-electron chi connectivity index (χ1n) is 12.8. The molecule has 38 heavy (non-hydrogen) atoms. The van der Waals surface area contributed by atoms with Crippen LogP contribution in [0.2, 0.25) is 0 Å². The Balaban J connectivity index is 1.06. The van der Waals surface area contributed by atoms with Gasteiger partial charge >= 0.3 is 8.25 Å². The highest BCUT2D eigenvalue weighted by molar-refractivity contribution is 7.33. The lowest BCUT2D eigenvalue weighted by Gasteiger charge is -2.15. The van der Waals surface area contributed by atoms with Gasteiger partial charge < -0.3 is 9.05 Å². The second kappa shape index (κ2) is 8.51. The third-order valence-corrected chi connectivity index (χ3v) is 8.69. The van der Waals surface area contributed by atoms with Crippen LogP contribution in [0.1, 0.15) is 11.1 Å². The smallest absolute Gasteiger partial charge is 0.306 e. The first-order chi connectivity index (χ1) is 18.7. The van der Waals surface area contributed by atoms with Crippen LogP contribution in [-0.4, -0.2) is 0 Å². The summed E-state index contributed by atoms with van der Waals surface area (Å²) in [6.45, 7) is 0.481. The molecule has 0 amide bonds. The van der Waals surface area contributed by atoms with E-state index in [9.17, 15) is 4.57 Å².